The molecule has 2 heterocycles. The molecule has 2 aromatic rings. The van der Waals surface area contributed by atoms with Gasteiger partial charge < -0.3 is 9.09 Å². The summed E-state index contributed by atoms with van der Waals surface area (Å²) in [6.45, 7) is 3.79. The van der Waals surface area contributed by atoms with Crippen LogP contribution in [0.25, 0.3) is 5.69 Å². The molecule has 0 spiro atoms. The van der Waals surface area contributed by atoms with Crippen LogP contribution in [-0.2, 0) is 0 Å². The van der Waals surface area contributed by atoms with Gasteiger partial charge in [0, 0.05) is 12.4 Å². The molecule has 0 saturated carbocycles. The van der Waals surface area contributed by atoms with Crippen LogP contribution in [0.4, 0.5) is 0 Å². The van der Waals surface area contributed by atoms with Gasteiger partial charge in [0.2, 0.25) is 0 Å². The zero-order valence-electron chi connectivity index (χ0n) is 6.98. The van der Waals surface area contributed by atoms with Crippen molar-refractivity contribution in [1.29, 1.82) is 0 Å². The van der Waals surface area contributed by atoms with Gasteiger partial charge in [-0.2, -0.15) is 0 Å². The van der Waals surface area contributed by atoms with E-state index < -0.39 is 0 Å². The molecule has 0 bridgehead atoms. The normalized spacial score (nSPS) is 10.5. The van der Waals surface area contributed by atoms with Crippen LogP contribution in [0.3, 0.4) is 0 Å². The van der Waals surface area contributed by atoms with Crippen LogP contribution in [0.5, 0.6) is 0 Å². The van der Waals surface area contributed by atoms with E-state index >= 15 is 0 Å². The first-order chi connectivity index (χ1) is 5.79. The van der Waals surface area contributed by atoms with Gasteiger partial charge in [0.15, 0.2) is 5.76 Å². The first-order valence-corrected chi connectivity index (χ1v) is 3.70. The molecule has 0 aliphatic carbocycles. The maximum Gasteiger partial charge on any atom is 0.157 e. The lowest BCUT2D eigenvalue weighted by Gasteiger charge is -1.97. The SMILES string of the molecule is Cc1noc(C)c1-n1ccnc1. The molecule has 0 unspecified atom stereocenters. The zero-order valence-corrected chi connectivity index (χ0v) is 6.98. The summed E-state index contributed by atoms with van der Waals surface area (Å²) in [7, 11) is 0. The summed E-state index contributed by atoms with van der Waals surface area (Å²) in [5.41, 5.74) is 1.86. The zero-order chi connectivity index (χ0) is 8.55. The molecular formula is C8H9N3O. The molecule has 4 nitrogen and oxygen atoms in total. The number of aromatic nitrogens is 3. The van der Waals surface area contributed by atoms with Crippen molar-refractivity contribution >= 4 is 0 Å². The monoisotopic (exact) mass is 163 g/mol. The van der Waals surface area contributed by atoms with E-state index in [2.05, 4.69) is 10.1 Å². The molecule has 2 rings (SSSR count). The minimum atomic E-state index is 0.811. The number of hydrogen-bond acceptors (Lipinski definition) is 3. The van der Waals surface area contributed by atoms with Gasteiger partial charge >= 0.3 is 0 Å². The van der Waals surface area contributed by atoms with E-state index in [1.165, 1.54) is 0 Å². The van der Waals surface area contributed by atoms with Gasteiger partial charge in [-0.3, -0.25) is 0 Å². The third-order valence-electron chi connectivity index (χ3n) is 1.76. The minimum Gasteiger partial charge on any atom is -0.359 e. The molecule has 4 heteroatoms. The number of aryl methyl sites for hydroxylation is 2. The Hall–Kier alpha value is -1.58. The van der Waals surface area contributed by atoms with Crippen LogP contribution in [0.2, 0.25) is 0 Å². The van der Waals surface area contributed by atoms with Gasteiger partial charge in [-0.1, -0.05) is 5.16 Å². The second-order valence-corrected chi connectivity index (χ2v) is 2.64. The van der Waals surface area contributed by atoms with Gasteiger partial charge in [0.25, 0.3) is 0 Å². The number of imidazole rings is 1. The van der Waals surface area contributed by atoms with E-state index in [0.29, 0.717) is 0 Å². The van der Waals surface area contributed by atoms with Crippen LogP contribution in [0, 0.1) is 13.8 Å². The molecule has 0 atom stereocenters. The fourth-order valence-corrected chi connectivity index (χ4v) is 1.24. The summed E-state index contributed by atoms with van der Waals surface area (Å²) in [5.74, 6) is 0.811. The second-order valence-electron chi connectivity index (χ2n) is 2.64. The summed E-state index contributed by atoms with van der Waals surface area (Å²) in [5, 5.41) is 3.85. The van der Waals surface area contributed by atoms with Gasteiger partial charge in [-0.05, 0) is 13.8 Å². The summed E-state index contributed by atoms with van der Waals surface area (Å²) in [6.07, 6.45) is 5.32. The first-order valence-electron chi connectivity index (χ1n) is 3.70. The van der Waals surface area contributed by atoms with Crippen LogP contribution in [0.1, 0.15) is 11.5 Å². The van der Waals surface area contributed by atoms with E-state index in [9.17, 15) is 0 Å². The highest BCUT2D eigenvalue weighted by Crippen LogP contribution is 2.16. The van der Waals surface area contributed by atoms with E-state index in [1.807, 2.05) is 24.6 Å². The molecule has 12 heavy (non-hydrogen) atoms. The lowest BCUT2D eigenvalue weighted by Crippen LogP contribution is -1.92. The Morgan fingerprint density at radius 2 is 2.25 bits per heavy atom. The molecular weight excluding hydrogens is 154 g/mol. The Morgan fingerprint density at radius 3 is 2.75 bits per heavy atom. The second kappa shape index (κ2) is 2.48. The Labute approximate surface area is 69.8 Å². The van der Waals surface area contributed by atoms with E-state index in [0.717, 1.165) is 17.1 Å². The Morgan fingerprint density at radius 1 is 1.42 bits per heavy atom. The summed E-state index contributed by atoms with van der Waals surface area (Å²) >= 11 is 0. The predicted molar refractivity (Wildman–Crippen MR) is 43.1 cm³/mol. The third kappa shape index (κ3) is 0.922. The molecule has 0 aliphatic rings. The molecule has 2 aromatic heterocycles. The molecule has 0 aromatic carbocycles. The van der Waals surface area contributed by atoms with Crippen molar-refractivity contribution in [3.8, 4) is 5.69 Å². The van der Waals surface area contributed by atoms with Crippen molar-refractivity contribution in [2.45, 2.75) is 13.8 Å². The number of rotatable bonds is 1. The number of hydrogen-bond donors (Lipinski definition) is 0. The first kappa shape index (κ1) is 7.09. The maximum atomic E-state index is 5.02. The van der Waals surface area contributed by atoms with E-state index in [4.69, 9.17) is 4.52 Å². The highest BCUT2D eigenvalue weighted by Gasteiger charge is 2.09. The fourth-order valence-electron chi connectivity index (χ4n) is 1.24. The average Bonchev–Trinajstić information content (AvgIpc) is 2.61. The van der Waals surface area contributed by atoms with Crippen molar-refractivity contribution in [3.63, 3.8) is 0 Å². The Bertz CT molecular complexity index is 355. The summed E-state index contributed by atoms with van der Waals surface area (Å²) in [4.78, 5) is 3.95. The quantitative estimate of drug-likeness (QED) is 0.639. The average molecular weight is 163 g/mol. The van der Waals surface area contributed by atoms with Crippen LogP contribution >= 0.6 is 0 Å². The third-order valence-corrected chi connectivity index (χ3v) is 1.76. The summed E-state index contributed by atoms with van der Waals surface area (Å²) < 4.78 is 6.91. The molecule has 0 N–H and O–H groups in total. The van der Waals surface area contributed by atoms with Gasteiger partial charge in [0.1, 0.15) is 11.4 Å². The molecule has 0 fully saturated rings. The molecule has 0 radical (unpaired) electrons. The van der Waals surface area contributed by atoms with Gasteiger partial charge in [-0.15, -0.1) is 0 Å². The highest BCUT2D eigenvalue weighted by molar-refractivity contribution is 5.37. The molecule has 0 amide bonds. The smallest absolute Gasteiger partial charge is 0.157 e. The van der Waals surface area contributed by atoms with E-state index in [1.54, 1.807) is 12.5 Å². The van der Waals surface area contributed by atoms with Crippen molar-refractivity contribution in [2.75, 3.05) is 0 Å². The number of nitrogens with zero attached hydrogens (tertiary/aromatic N) is 3. The van der Waals surface area contributed by atoms with Crippen molar-refractivity contribution in [3.05, 3.63) is 30.2 Å². The van der Waals surface area contributed by atoms with Crippen molar-refractivity contribution in [1.82, 2.24) is 14.7 Å². The fraction of sp³-hybridized carbons (Fsp3) is 0.250. The topological polar surface area (TPSA) is 43.9 Å². The molecule has 62 valence electrons. The van der Waals surface area contributed by atoms with Gasteiger partial charge in [0.05, 0.1) is 6.33 Å². The standard InChI is InChI=1S/C8H9N3O/c1-6-8(7(2)12-10-6)11-4-3-9-5-11/h3-5H,1-2H3. The minimum absolute atomic E-state index is 0.811. The van der Waals surface area contributed by atoms with Crippen molar-refractivity contribution < 1.29 is 4.52 Å². The highest BCUT2D eigenvalue weighted by atomic mass is 16.5. The van der Waals surface area contributed by atoms with Gasteiger partial charge in [-0.25, -0.2) is 4.98 Å². The lowest BCUT2D eigenvalue weighted by molar-refractivity contribution is 0.393. The maximum absolute atomic E-state index is 5.02. The van der Waals surface area contributed by atoms with E-state index in [-0.39, 0.29) is 0 Å². The Kier molecular flexibility index (Phi) is 1.46. The molecule has 0 aliphatic heterocycles. The summed E-state index contributed by atoms with van der Waals surface area (Å²) in [6, 6.07) is 0. The van der Waals surface area contributed by atoms with Crippen molar-refractivity contribution in [2.24, 2.45) is 0 Å². The van der Waals surface area contributed by atoms with Crippen LogP contribution in [-0.4, -0.2) is 14.7 Å². The Balaban J connectivity index is 2.60. The van der Waals surface area contributed by atoms with Crippen LogP contribution < -0.4 is 0 Å². The predicted octanol–water partition coefficient (Wildman–Crippen LogP) is 1.48. The molecule has 0 saturated heterocycles. The largest absolute Gasteiger partial charge is 0.359 e. The lowest BCUT2D eigenvalue weighted by atomic mass is 10.3. The van der Waals surface area contributed by atoms with Crippen LogP contribution in [0.15, 0.2) is 23.2 Å².